The fraction of sp³-hybridized carbons (Fsp3) is 0.0800. The van der Waals surface area contributed by atoms with Crippen LogP contribution in [0.1, 0.15) is 31.8 Å². The van der Waals surface area contributed by atoms with Crippen LogP contribution in [0.5, 0.6) is 11.5 Å². The maximum absolute atomic E-state index is 14.0. The van der Waals surface area contributed by atoms with E-state index in [4.69, 9.17) is 9.94 Å². The van der Waals surface area contributed by atoms with Crippen LogP contribution in [-0.2, 0) is 6.42 Å². The molecule has 2 aromatic heterocycles. The van der Waals surface area contributed by atoms with E-state index in [1.165, 1.54) is 12.3 Å². The van der Waals surface area contributed by atoms with Gasteiger partial charge in [0.05, 0.1) is 17.0 Å². The average Bonchev–Trinajstić information content (AvgIpc) is 3.32. The quantitative estimate of drug-likeness (QED) is 0.214. The Hall–Kier alpha value is -4.30. The number of nitrogens with one attached hydrogen (secondary N) is 2. The fourth-order valence-corrected chi connectivity index (χ4v) is 3.34. The number of rotatable bonds is 7. The van der Waals surface area contributed by atoms with E-state index in [-0.39, 0.29) is 17.8 Å². The molecule has 4 rings (SSSR count). The number of carbonyl (C=O) groups is 2. The molecule has 0 spiro atoms. The van der Waals surface area contributed by atoms with Crippen LogP contribution >= 0.6 is 0 Å². The standard InChI is InChI=1S/C25H20FN3O4/c1-15-5-6-21(26)17(9-15)12-24(30)16-3-2-4-19(10-16)33-20-7-8-27-23(13-20)22-11-18(14-28-22)25(31)29-32/h2-11,13-14,28,32H,12H2,1H3,(H,29,31). The van der Waals surface area contributed by atoms with Crippen molar-refractivity contribution in [1.82, 2.24) is 15.4 Å². The Morgan fingerprint density at radius 2 is 1.88 bits per heavy atom. The Labute approximate surface area is 188 Å². The SMILES string of the molecule is Cc1ccc(F)c(CC(=O)c2cccc(Oc3ccnc(-c4cc(C(=O)NO)c[nH]4)c3)c2)c1. The number of carbonyl (C=O) groups excluding carboxylic acids is 2. The molecule has 4 aromatic rings. The van der Waals surface area contributed by atoms with Gasteiger partial charge in [-0.2, -0.15) is 0 Å². The zero-order valence-electron chi connectivity index (χ0n) is 17.6. The molecule has 0 saturated heterocycles. The number of H-pyrrole nitrogens is 1. The predicted molar refractivity (Wildman–Crippen MR) is 119 cm³/mol. The number of nitrogens with zero attached hydrogens (tertiary/aromatic N) is 1. The lowest BCUT2D eigenvalue weighted by Gasteiger charge is -2.09. The van der Waals surface area contributed by atoms with Crippen LogP contribution in [-0.4, -0.2) is 26.9 Å². The normalized spacial score (nSPS) is 10.6. The molecular formula is C25H20FN3O4. The number of ketones is 1. The van der Waals surface area contributed by atoms with Crippen LogP contribution < -0.4 is 10.2 Å². The Morgan fingerprint density at radius 3 is 2.70 bits per heavy atom. The van der Waals surface area contributed by atoms with Crippen molar-refractivity contribution in [2.45, 2.75) is 13.3 Å². The third-order valence-electron chi connectivity index (χ3n) is 5.00. The summed E-state index contributed by atoms with van der Waals surface area (Å²) in [5.74, 6) is -0.361. The number of ether oxygens (including phenoxy) is 1. The second-order valence-corrected chi connectivity index (χ2v) is 7.44. The number of Topliss-reactive ketones (excluding diaryl/α,β-unsaturated/α-hetero) is 1. The van der Waals surface area contributed by atoms with Crippen molar-refractivity contribution in [3.63, 3.8) is 0 Å². The second kappa shape index (κ2) is 9.46. The first-order valence-electron chi connectivity index (χ1n) is 10.1. The number of amides is 1. The van der Waals surface area contributed by atoms with Crippen molar-refractivity contribution in [2.24, 2.45) is 0 Å². The van der Waals surface area contributed by atoms with Gasteiger partial charge in [0.1, 0.15) is 17.3 Å². The molecule has 8 heteroatoms. The molecule has 0 bridgehead atoms. The van der Waals surface area contributed by atoms with Gasteiger partial charge >= 0.3 is 0 Å². The molecule has 0 fully saturated rings. The largest absolute Gasteiger partial charge is 0.457 e. The van der Waals surface area contributed by atoms with Crippen molar-refractivity contribution < 1.29 is 23.9 Å². The van der Waals surface area contributed by atoms with Crippen LogP contribution in [0.4, 0.5) is 4.39 Å². The molecule has 0 unspecified atom stereocenters. The molecule has 33 heavy (non-hydrogen) atoms. The smallest absolute Gasteiger partial charge is 0.276 e. The lowest BCUT2D eigenvalue weighted by atomic mass is 10.0. The van der Waals surface area contributed by atoms with Crippen LogP contribution in [0.2, 0.25) is 0 Å². The van der Waals surface area contributed by atoms with Crippen molar-refractivity contribution in [2.75, 3.05) is 0 Å². The Morgan fingerprint density at radius 1 is 1.06 bits per heavy atom. The first kappa shape index (κ1) is 21.9. The van der Waals surface area contributed by atoms with E-state index in [0.29, 0.717) is 34.0 Å². The molecule has 1 amide bonds. The highest BCUT2D eigenvalue weighted by atomic mass is 19.1. The van der Waals surface area contributed by atoms with Crippen LogP contribution in [0.25, 0.3) is 11.4 Å². The predicted octanol–water partition coefficient (Wildman–Crippen LogP) is 4.86. The van der Waals surface area contributed by atoms with E-state index in [0.717, 1.165) is 5.56 Å². The molecule has 0 atom stereocenters. The minimum absolute atomic E-state index is 0.0487. The number of benzene rings is 2. The summed E-state index contributed by atoms with van der Waals surface area (Å²) in [5, 5.41) is 8.75. The highest BCUT2D eigenvalue weighted by Gasteiger charge is 2.13. The molecule has 166 valence electrons. The lowest BCUT2D eigenvalue weighted by Crippen LogP contribution is -2.17. The van der Waals surface area contributed by atoms with Gasteiger partial charge in [-0.3, -0.25) is 19.8 Å². The molecule has 2 aromatic carbocycles. The zero-order chi connectivity index (χ0) is 23.4. The first-order valence-corrected chi connectivity index (χ1v) is 10.1. The highest BCUT2D eigenvalue weighted by Crippen LogP contribution is 2.26. The van der Waals surface area contributed by atoms with Gasteiger partial charge in [0.15, 0.2) is 5.78 Å². The molecule has 0 aliphatic rings. The second-order valence-electron chi connectivity index (χ2n) is 7.44. The molecule has 0 saturated carbocycles. The summed E-state index contributed by atoms with van der Waals surface area (Å²) in [6, 6.07) is 16.2. The maximum Gasteiger partial charge on any atom is 0.276 e. The first-order chi connectivity index (χ1) is 15.9. The third kappa shape index (κ3) is 5.13. The summed E-state index contributed by atoms with van der Waals surface area (Å²) in [6.07, 6.45) is 2.95. The van der Waals surface area contributed by atoms with E-state index in [9.17, 15) is 14.0 Å². The topological polar surface area (TPSA) is 104 Å². The van der Waals surface area contributed by atoms with Gasteiger partial charge in [0, 0.05) is 30.4 Å². The molecule has 3 N–H and O–H groups in total. The number of aryl methyl sites for hydroxylation is 1. The van der Waals surface area contributed by atoms with Gasteiger partial charge in [-0.25, -0.2) is 9.87 Å². The number of pyridine rings is 1. The summed E-state index contributed by atoms with van der Waals surface area (Å²) in [6.45, 7) is 1.85. The minimum atomic E-state index is -0.642. The summed E-state index contributed by atoms with van der Waals surface area (Å²) in [4.78, 5) is 31.4. The van der Waals surface area contributed by atoms with Crippen LogP contribution in [0.3, 0.4) is 0 Å². The Bertz CT molecular complexity index is 1330. The number of aromatic nitrogens is 2. The van der Waals surface area contributed by atoms with Gasteiger partial charge < -0.3 is 9.72 Å². The zero-order valence-corrected chi connectivity index (χ0v) is 17.6. The van der Waals surface area contributed by atoms with Crippen molar-refractivity contribution in [3.05, 3.63) is 101 Å². The molecule has 7 nitrogen and oxygen atoms in total. The van der Waals surface area contributed by atoms with E-state index >= 15 is 0 Å². The van der Waals surface area contributed by atoms with E-state index < -0.39 is 11.7 Å². The minimum Gasteiger partial charge on any atom is -0.457 e. The molecule has 0 aliphatic carbocycles. The van der Waals surface area contributed by atoms with E-state index in [1.807, 2.05) is 6.92 Å². The molecule has 2 heterocycles. The third-order valence-corrected chi connectivity index (χ3v) is 5.00. The highest BCUT2D eigenvalue weighted by molar-refractivity contribution is 5.98. The van der Waals surface area contributed by atoms with E-state index in [2.05, 4.69) is 9.97 Å². The van der Waals surface area contributed by atoms with Crippen LogP contribution in [0, 0.1) is 12.7 Å². The van der Waals surface area contributed by atoms with Gasteiger partial charge in [-0.05, 0) is 42.8 Å². The average molecular weight is 445 g/mol. The number of hydroxylamine groups is 1. The van der Waals surface area contributed by atoms with E-state index in [1.54, 1.807) is 66.3 Å². The molecule has 0 radical (unpaired) electrons. The summed E-state index contributed by atoms with van der Waals surface area (Å²) in [7, 11) is 0. The summed E-state index contributed by atoms with van der Waals surface area (Å²) >= 11 is 0. The summed E-state index contributed by atoms with van der Waals surface area (Å²) < 4.78 is 19.9. The Kier molecular flexibility index (Phi) is 6.28. The molecule has 0 aliphatic heterocycles. The van der Waals surface area contributed by atoms with Gasteiger partial charge in [-0.1, -0.05) is 29.8 Å². The van der Waals surface area contributed by atoms with Crippen molar-refractivity contribution >= 4 is 11.7 Å². The van der Waals surface area contributed by atoms with Crippen molar-refractivity contribution in [1.29, 1.82) is 0 Å². The Balaban J connectivity index is 1.51. The molecular weight excluding hydrogens is 425 g/mol. The number of hydrogen-bond acceptors (Lipinski definition) is 5. The number of hydrogen-bond donors (Lipinski definition) is 3. The monoisotopic (exact) mass is 445 g/mol. The van der Waals surface area contributed by atoms with Crippen molar-refractivity contribution in [3.8, 4) is 22.9 Å². The van der Waals surface area contributed by atoms with Gasteiger partial charge in [0.25, 0.3) is 5.91 Å². The lowest BCUT2D eigenvalue weighted by molar-refractivity contribution is 0.0706. The van der Waals surface area contributed by atoms with Gasteiger partial charge in [-0.15, -0.1) is 0 Å². The number of aromatic amines is 1. The maximum atomic E-state index is 14.0. The van der Waals surface area contributed by atoms with Crippen LogP contribution in [0.15, 0.2) is 73.1 Å². The fourth-order valence-electron chi connectivity index (χ4n) is 3.34. The number of halogens is 1. The van der Waals surface area contributed by atoms with Gasteiger partial charge in [0.2, 0.25) is 0 Å². The summed E-state index contributed by atoms with van der Waals surface area (Å²) in [5.41, 5.74) is 4.54.